The third kappa shape index (κ3) is 7.86. The van der Waals surface area contributed by atoms with Crippen LogP contribution >= 0.6 is 11.6 Å². The smallest absolute Gasteiger partial charge is 0.224 e. The predicted octanol–water partition coefficient (Wildman–Crippen LogP) is 3.60. The summed E-state index contributed by atoms with van der Waals surface area (Å²) in [6.07, 6.45) is 2.84. The van der Waals surface area contributed by atoms with Crippen LogP contribution < -0.4 is 0 Å². The predicted molar refractivity (Wildman–Crippen MR) is 50.9 cm³/mol. The van der Waals surface area contributed by atoms with Gasteiger partial charge in [-0.2, -0.15) is 0 Å². The Labute approximate surface area is 75.1 Å². The maximum absolute atomic E-state index is 10.5. The number of rotatable bonds is 4. The van der Waals surface area contributed by atoms with Crippen molar-refractivity contribution in [1.82, 2.24) is 0 Å². The maximum Gasteiger partial charge on any atom is 0.224 e. The van der Waals surface area contributed by atoms with Crippen LogP contribution in [0.2, 0.25) is 0 Å². The molecule has 0 aliphatic rings. The number of carbonyl (C=O) groups excluding carboxylic acids is 1. The Hall–Kier alpha value is -0.0400. The van der Waals surface area contributed by atoms with E-state index in [4.69, 9.17) is 11.6 Å². The van der Waals surface area contributed by atoms with Crippen LogP contribution in [0.4, 0.5) is 0 Å². The average Bonchev–Trinajstić information content (AvgIpc) is 2.03. The lowest BCUT2D eigenvalue weighted by Crippen LogP contribution is -2.06. The fourth-order valence-corrected chi connectivity index (χ4v) is 1.09. The second-order valence-corrected chi connectivity index (χ2v) is 2.57. The molecule has 68 valence electrons. The van der Waals surface area contributed by atoms with Crippen molar-refractivity contribution in [2.45, 2.75) is 47.0 Å². The van der Waals surface area contributed by atoms with E-state index in [-0.39, 0.29) is 11.2 Å². The summed E-state index contributed by atoms with van der Waals surface area (Å²) in [4.78, 5) is 10.5. The second-order valence-electron chi connectivity index (χ2n) is 2.20. The Bertz CT molecular complexity index is 91.6. The van der Waals surface area contributed by atoms with Gasteiger partial charge in [-0.05, 0) is 24.4 Å². The van der Waals surface area contributed by atoms with Crippen LogP contribution in [-0.2, 0) is 4.79 Å². The molecule has 0 spiro atoms. The van der Waals surface area contributed by atoms with Gasteiger partial charge in [-0.25, -0.2) is 0 Å². The van der Waals surface area contributed by atoms with Gasteiger partial charge < -0.3 is 0 Å². The molecule has 0 bridgehead atoms. The minimum absolute atomic E-state index is 0.0941. The van der Waals surface area contributed by atoms with Crippen LogP contribution in [0.1, 0.15) is 47.0 Å². The monoisotopic (exact) mass is 178 g/mol. The molecule has 0 aliphatic heterocycles. The topological polar surface area (TPSA) is 17.1 Å². The SMILES string of the molecule is CC.CCCC(CC)C(=O)Cl. The zero-order chi connectivity index (χ0) is 9.28. The van der Waals surface area contributed by atoms with Crippen LogP contribution in [-0.4, -0.2) is 5.24 Å². The van der Waals surface area contributed by atoms with Gasteiger partial charge in [-0.3, -0.25) is 4.79 Å². The van der Waals surface area contributed by atoms with Crippen LogP contribution in [0.25, 0.3) is 0 Å². The molecule has 2 heteroatoms. The van der Waals surface area contributed by atoms with Gasteiger partial charge >= 0.3 is 0 Å². The molecule has 1 unspecified atom stereocenters. The lowest BCUT2D eigenvalue weighted by atomic mass is 10.0. The van der Waals surface area contributed by atoms with E-state index in [0.29, 0.717) is 0 Å². The fourth-order valence-electron chi connectivity index (χ4n) is 0.827. The van der Waals surface area contributed by atoms with Gasteiger partial charge in [0.15, 0.2) is 0 Å². The Morgan fingerprint density at radius 2 is 1.82 bits per heavy atom. The first kappa shape index (κ1) is 13.5. The third-order valence-corrected chi connectivity index (χ3v) is 1.76. The highest BCUT2D eigenvalue weighted by Gasteiger charge is 2.11. The van der Waals surface area contributed by atoms with E-state index in [9.17, 15) is 4.79 Å². The summed E-state index contributed by atoms with van der Waals surface area (Å²) < 4.78 is 0. The van der Waals surface area contributed by atoms with Crippen molar-refractivity contribution in [3.05, 3.63) is 0 Å². The second kappa shape index (κ2) is 9.96. The van der Waals surface area contributed by atoms with Gasteiger partial charge in [0.05, 0.1) is 0 Å². The summed E-state index contributed by atoms with van der Waals surface area (Å²) in [6, 6.07) is 0. The van der Waals surface area contributed by atoms with E-state index < -0.39 is 0 Å². The third-order valence-electron chi connectivity index (χ3n) is 1.45. The van der Waals surface area contributed by atoms with Crippen molar-refractivity contribution in [2.75, 3.05) is 0 Å². The van der Waals surface area contributed by atoms with Gasteiger partial charge in [0.2, 0.25) is 5.24 Å². The van der Waals surface area contributed by atoms with Gasteiger partial charge in [0, 0.05) is 5.92 Å². The highest BCUT2D eigenvalue weighted by molar-refractivity contribution is 6.63. The standard InChI is InChI=1S/C7H13ClO.C2H6/c1-3-5-6(4-2)7(8)9;1-2/h6H,3-5H2,1-2H3;1-2H3. The van der Waals surface area contributed by atoms with Gasteiger partial charge in [0.1, 0.15) is 0 Å². The van der Waals surface area contributed by atoms with Crippen molar-refractivity contribution < 1.29 is 4.79 Å². The van der Waals surface area contributed by atoms with Gasteiger partial charge in [0.25, 0.3) is 0 Å². The molecule has 1 nitrogen and oxygen atoms in total. The Balaban J connectivity index is 0. The van der Waals surface area contributed by atoms with E-state index >= 15 is 0 Å². The van der Waals surface area contributed by atoms with Crippen LogP contribution in [0.3, 0.4) is 0 Å². The molecule has 0 aromatic rings. The molecule has 0 amide bonds. The molecule has 11 heavy (non-hydrogen) atoms. The van der Waals surface area contributed by atoms with Crippen LogP contribution in [0.5, 0.6) is 0 Å². The molecule has 0 fully saturated rings. The first-order valence-corrected chi connectivity index (χ1v) is 4.79. The molecule has 0 radical (unpaired) electrons. The lowest BCUT2D eigenvalue weighted by molar-refractivity contribution is -0.115. The van der Waals surface area contributed by atoms with Crippen LogP contribution in [0, 0.1) is 5.92 Å². The number of halogens is 1. The van der Waals surface area contributed by atoms with Gasteiger partial charge in [-0.15, -0.1) is 0 Å². The Morgan fingerprint density at radius 3 is 1.91 bits per heavy atom. The number of hydrogen-bond acceptors (Lipinski definition) is 1. The highest BCUT2D eigenvalue weighted by Crippen LogP contribution is 2.13. The van der Waals surface area contributed by atoms with Crippen molar-refractivity contribution in [1.29, 1.82) is 0 Å². The highest BCUT2D eigenvalue weighted by atomic mass is 35.5. The minimum atomic E-state index is -0.181. The van der Waals surface area contributed by atoms with E-state index in [0.717, 1.165) is 19.3 Å². The van der Waals surface area contributed by atoms with E-state index in [1.807, 2.05) is 20.8 Å². The first-order chi connectivity index (χ1) is 5.22. The van der Waals surface area contributed by atoms with Crippen molar-refractivity contribution >= 4 is 16.8 Å². The maximum atomic E-state index is 10.5. The Kier molecular flexibility index (Phi) is 12.3. The first-order valence-electron chi connectivity index (χ1n) is 4.41. The van der Waals surface area contributed by atoms with Crippen molar-refractivity contribution in [3.63, 3.8) is 0 Å². The molecule has 0 N–H and O–H groups in total. The summed E-state index contributed by atoms with van der Waals surface area (Å²) in [6.45, 7) is 8.04. The summed E-state index contributed by atoms with van der Waals surface area (Å²) in [5.41, 5.74) is 0. The summed E-state index contributed by atoms with van der Waals surface area (Å²) in [5, 5.41) is -0.181. The molecular weight excluding hydrogens is 160 g/mol. The molecule has 0 heterocycles. The van der Waals surface area contributed by atoms with Gasteiger partial charge in [-0.1, -0.05) is 34.1 Å². The van der Waals surface area contributed by atoms with E-state index in [1.165, 1.54) is 0 Å². The molecule has 0 aliphatic carbocycles. The number of carbonyl (C=O) groups is 1. The Morgan fingerprint density at radius 1 is 1.36 bits per heavy atom. The van der Waals surface area contributed by atoms with E-state index in [2.05, 4.69) is 6.92 Å². The molecule has 0 aromatic heterocycles. The minimum Gasteiger partial charge on any atom is -0.281 e. The zero-order valence-corrected chi connectivity index (χ0v) is 8.74. The van der Waals surface area contributed by atoms with Crippen molar-refractivity contribution in [2.24, 2.45) is 5.92 Å². The molecule has 0 rings (SSSR count). The quantitative estimate of drug-likeness (QED) is 0.602. The van der Waals surface area contributed by atoms with Crippen LogP contribution in [0.15, 0.2) is 0 Å². The summed E-state index contributed by atoms with van der Waals surface area (Å²) in [5.74, 6) is 0.0941. The van der Waals surface area contributed by atoms with Crippen molar-refractivity contribution in [3.8, 4) is 0 Å². The molecule has 0 saturated heterocycles. The van der Waals surface area contributed by atoms with E-state index in [1.54, 1.807) is 0 Å². The summed E-state index contributed by atoms with van der Waals surface area (Å²) >= 11 is 5.28. The zero-order valence-electron chi connectivity index (χ0n) is 7.98. The number of hydrogen-bond donors (Lipinski definition) is 0. The molecule has 0 aromatic carbocycles. The molecule has 1 atom stereocenters. The lowest BCUT2D eigenvalue weighted by Gasteiger charge is -2.05. The largest absolute Gasteiger partial charge is 0.281 e. The average molecular weight is 179 g/mol. The normalized spacial score (nSPS) is 11.4. The fraction of sp³-hybridized carbons (Fsp3) is 0.889. The summed E-state index contributed by atoms with van der Waals surface area (Å²) in [7, 11) is 0. The molecule has 0 saturated carbocycles. The molecular formula is C9H19ClO.